The molecule has 1 unspecified atom stereocenters. The molecule has 2 fully saturated rings. The Labute approximate surface area is 103 Å². The minimum atomic E-state index is -4.46. The fourth-order valence-corrected chi connectivity index (χ4v) is 2.38. The maximum atomic E-state index is 13.0. The minimum Gasteiger partial charge on any atom is -0.343 e. The number of carbonyl (C=O) groups is 2. The molecule has 7 heteroatoms. The average molecular weight is 264 g/mol. The van der Waals surface area contributed by atoms with Crippen molar-refractivity contribution in [2.45, 2.75) is 50.4 Å². The summed E-state index contributed by atoms with van der Waals surface area (Å²) in [5, 5.41) is 2.45. The van der Waals surface area contributed by atoms with Crippen LogP contribution in [0.2, 0.25) is 0 Å². The zero-order valence-electron chi connectivity index (χ0n) is 10.0. The maximum Gasteiger partial charge on any atom is 0.411 e. The molecule has 1 aliphatic carbocycles. The number of hydrogen-bond donors (Lipinski definition) is 1. The third-order valence-electron chi connectivity index (χ3n) is 3.55. The van der Waals surface area contributed by atoms with E-state index in [4.69, 9.17) is 0 Å². The lowest BCUT2D eigenvalue weighted by atomic mass is 10.0. The van der Waals surface area contributed by atoms with Crippen molar-refractivity contribution in [1.29, 1.82) is 0 Å². The van der Waals surface area contributed by atoms with Crippen molar-refractivity contribution in [1.82, 2.24) is 10.2 Å². The molecule has 1 saturated heterocycles. The van der Waals surface area contributed by atoms with Gasteiger partial charge in [-0.05, 0) is 19.3 Å². The van der Waals surface area contributed by atoms with Crippen molar-refractivity contribution in [2.75, 3.05) is 6.54 Å². The highest BCUT2D eigenvalue weighted by Gasteiger charge is 2.69. The summed E-state index contributed by atoms with van der Waals surface area (Å²) in [5.74, 6) is -1.12. The van der Waals surface area contributed by atoms with E-state index < -0.39 is 36.1 Å². The second kappa shape index (κ2) is 4.13. The van der Waals surface area contributed by atoms with Gasteiger partial charge < -0.3 is 10.2 Å². The van der Waals surface area contributed by atoms with Crippen LogP contribution in [0, 0.1) is 0 Å². The van der Waals surface area contributed by atoms with Crippen molar-refractivity contribution in [3.8, 4) is 0 Å². The van der Waals surface area contributed by atoms with Crippen molar-refractivity contribution in [3.63, 3.8) is 0 Å². The largest absolute Gasteiger partial charge is 0.411 e. The first-order valence-corrected chi connectivity index (χ1v) is 5.99. The first-order valence-electron chi connectivity index (χ1n) is 5.99. The van der Waals surface area contributed by atoms with Gasteiger partial charge in [0.25, 0.3) is 0 Å². The van der Waals surface area contributed by atoms with E-state index in [1.54, 1.807) is 0 Å². The lowest BCUT2D eigenvalue weighted by Crippen LogP contribution is -2.64. The number of piperazine rings is 1. The number of rotatable bonds is 3. The Kier molecular flexibility index (Phi) is 3.03. The Balaban J connectivity index is 2.22. The van der Waals surface area contributed by atoms with Gasteiger partial charge in [-0.2, -0.15) is 13.2 Å². The summed E-state index contributed by atoms with van der Waals surface area (Å²) in [4.78, 5) is 24.2. The van der Waals surface area contributed by atoms with Gasteiger partial charge in [-0.25, -0.2) is 0 Å². The number of alkyl halides is 3. The van der Waals surface area contributed by atoms with Crippen LogP contribution in [-0.2, 0) is 9.59 Å². The van der Waals surface area contributed by atoms with E-state index in [1.165, 1.54) is 0 Å². The number of nitrogens with one attached hydrogen (secondary N) is 1. The van der Waals surface area contributed by atoms with E-state index in [2.05, 4.69) is 5.32 Å². The Morgan fingerprint density at radius 1 is 1.39 bits per heavy atom. The van der Waals surface area contributed by atoms with Gasteiger partial charge in [0.15, 0.2) is 0 Å². The van der Waals surface area contributed by atoms with Crippen LogP contribution >= 0.6 is 0 Å². The lowest BCUT2D eigenvalue weighted by Gasteiger charge is -2.39. The SMILES string of the molecule is CCCC1NC(=O)CN(C2(C(F)(F)F)CC2)C1=O. The highest BCUT2D eigenvalue weighted by molar-refractivity contribution is 5.95. The molecular formula is C11H15F3N2O2. The smallest absolute Gasteiger partial charge is 0.343 e. The van der Waals surface area contributed by atoms with Crippen LogP contribution < -0.4 is 5.32 Å². The van der Waals surface area contributed by atoms with Crippen molar-refractivity contribution >= 4 is 11.8 Å². The second-order valence-corrected chi connectivity index (χ2v) is 4.86. The molecule has 1 atom stereocenters. The summed E-state index contributed by atoms with van der Waals surface area (Å²) in [6, 6.07) is -0.809. The number of halogens is 3. The van der Waals surface area contributed by atoms with Gasteiger partial charge in [-0.15, -0.1) is 0 Å². The summed E-state index contributed by atoms with van der Waals surface area (Å²) >= 11 is 0. The molecule has 4 nitrogen and oxygen atoms in total. The predicted molar refractivity (Wildman–Crippen MR) is 56.6 cm³/mol. The molecule has 0 aromatic heterocycles. The molecule has 1 saturated carbocycles. The molecule has 0 radical (unpaired) electrons. The summed E-state index contributed by atoms with van der Waals surface area (Å²) < 4.78 is 38.9. The minimum absolute atomic E-state index is 0.103. The molecule has 2 rings (SSSR count). The van der Waals surface area contributed by atoms with Crippen LogP contribution in [0.3, 0.4) is 0 Å². The summed E-state index contributed by atoms with van der Waals surface area (Å²) in [6.07, 6.45) is -3.67. The quantitative estimate of drug-likeness (QED) is 0.833. The Morgan fingerprint density at radius 2 is 2.00 bits per heavy atom. The molecule has 1 heterocycles. The molecule has 1 N–H and O–H groups in total. The van der Waals surface area contributed by atoms with Crippen LogP contribution in [0.5, 0.6) is 0 Å². The van der Waals surface area contributed by atoms with Crippen LogP contribution in [0.4, 0.5) is 13.2 Å². The second-order valence-electron chi connectivity index (χ2n) is 4.86. The molecule has 0 bridgehead atoms. The van der Waals surface area contributed by atoms with E-state index in [0.29, 0.717) is 12.8 Å². The van der Waals surface area contributed by atoms with E-state index >= 15 is 0 Å². The molecule has 0 aromatic carbocycles. The third-order valence-corrected chi connectivity index (χ3v) is 3.55. The number of carbonyl (C=O) groups excluding carboxylic acids is 2. The highest BCUT2D eigenvalue weighted by Crippen LogP contribution is 2.54. The van der Waals surface area contributed by atoms with Crippen molar-refractivity contribution < 1.29 is 22.8 Å². The predicted octanol–water partition coefficient (Wildman–Crippen LogP) is 1.21. The zero-order chi connectivity index (χ0) is 13.6. The molecule has 18 heavy (non-hydrogen) atoms. The average Bonchev–Trinajstić information content (AvgIpc) is 3.03. The first kappa shape index (κ1) is 13.2. The molecule has 2 aliphatic rings. The van der Waals surface area contributed by atoms with Crippen LogP contribution in [0.25, 0.3) is 0 Å². The fourth-order valence-electron chi connectivity index (χ4n) is 2.38. The van der Waals surface area contributed by atoms with Crippen LogP contribution in [0.15, 0.2) is 0 Å². The number of amides is 2. The van der Waals surface area contributed by atoms with Crippen LogP contribution in [-0.4, -0.2) is 41.0 Å². The van der Waals surface area contributed by atoms with Gasteiger partial charge in [0.1, 0.15) is 18.1 Å². The van der Waals surface area contributed by atoms with Gasteiger partial charge in [0.2, 0.25) is 11.8 Å². The van der Waals surface area contributed by atoms with Crippen LogP contribution in [0.1, 0.15) is 32.6 Å². The Hall–Kier alpha value is -1.27. The normalized spacial score (nSPS) is 27.1. The van der Waals surface area contributed by atoms with Gasteiger partial charge in [-0.3, -0.25) is 9.59 Å². The Bertz CT molecular complexity index is 377. The zero-order valence-corrected chi connectivity index (χ0v) is 10.0. The standard InChI is InChI=1S/C11H15F3N2O2/c1-2-3-7-9(18)16(6-8(17)15-7)10(4-5-10)11(12,13)14/h7H,2-6H2,1H3,(H,15,17). The number of hydrogen-bond acceptors (Lipinski definition) is 2. The molecular weight excluding hydrogens is 249 g/mol. The maximum absolute atomic E-state index is 13.0. The van der Waals surface area contributed by atoms with E-state index in [-0.39, 0.29) is 12.8 Å². The van der Waals surface area contributed by atoms with Gasteiger partial charge in [0.05, 0.1) is 0 Å². The highest BCUT2D eigenvalue weighted by atomic mass is 19.4. The summed E-state index contributed by atoms with van der Waals surface area (Å²) in [5.41, 5.74) is -2.09. The van der Waals surface area contributed by atoms with Crippen molar-refractivity contribution in [2.24, 2.45) is 0 Å². The Morgan fingerprint density at radius 3 is 2.44 bits per heavy atom. The van der Waals surface area contributed by atoms with E-state index in [1.807, 2.05) is 6.92 Å². The monoisotopic (exact) mass is 264 g/mol. The molecule has 1 aliphatic heterocycles. The van der Waals surface area contributed by atoms with Gasteiger partial charge in [0, 0.05) is 0 Å². The van der Waals surface area contributed by atoms with E-state index in [9.17, 15) is 22.8 Å². The first-order chi connectivity index (χ1) is 8.32. The lowest BCUT2D eigenvalue weighted by molar-refractivity contribution is -0.203. The van der Waals surface area contributed by atoms with Gasteiger partial charge in [-0.1, -0.05) is 13.3 Å². The fraction of sp³-hybridized carbons (Fsp3) is 0.818. The molecule has 102 valence electrons. The number of nitrogens with zero attached hydrogens (tertiary/aromatic N) is 1. The van der Waals surface area contributed by atoms with Crippen molar-refractivity contribution in [3.05, 3.63) is 0 Å². The van der Waals surface area contributed by atoms with E-state index in [0.717, 1.165) is 4.90 Å². The molecule has 2 amide bonds. The third kappa shape index (κ3) is 1.95. The topological polar surface area (TPSA) is 49.4 Å². The van der Waals surface area contributed by atoms with Gasteiger partial charge >= 0.3 is 6.18 Å². The summed E-state index contributed by atoms with van der Waals surface area (Å²) in [7, 11) is 0. The molecule has 0 spiro atoms. The molecule has 0 aromatic rings. The summed E-state index contributed by atoms with van der Waals surface area (Å²) in [6.45, 7) is 1.33.